The zero-order chi connectivity index (χ0) is 18.0. The number of carbonyl (C=O) groups excluding carboxylic acids is 2. The molecule has 3 rings (SSSR count). The predicted molar refractivity (Wildman–Crippen MR) is 87.9 cm³/mol. The summed E-state index contributed by atoms with van der Waals surface area (Å²) in [5.74, 6) is 1.15. The third-order valence-electron chi connectivity index (χ3n) is 4.86. The van der Waals surface area contributed by atoms with E-state index in [0.717, 1.165) is 0 Å². The molecule has 0 aromatic heterocycles. The Morgan fingerprint density at radius 2 is 2.04 bits per heavy atom. The molecule has 1 aromatic rings. The van der Waals surface area contributed by atoms with E-state index in [2.05, 4.69) is 0 Å². The number of hydrogen-bond acceptors (Lipinski definition) is 6. The smallest absolute Gasteiger partial charge is 0.236 e. The molecule has 2 heterocycles. The minimum atomic E-state index is -0.646. The largest absolute Gasteiger partial charge is 0.493 e. The fourth-order valence-electron chi connectivity index (χ4n) is 3.48. The molecule has 2 aliphatic rings. The molecular weight excluding hydrogens is 324 g/mol. The number of carbonyl (C=O) groups is 2. The van der Waals surface area contributed by atoms with E-state index in [1.165, 1.54) is 14.2 Å². The van der Waals surface area contributed by atoms with Crippen molar-refractivity contribution in [1.29, 1.82) is 5.26 Å². The van der Waals surface area contributed by atoms with Crippen LogP contribution in [0.2, 0.25) is 0 Å². The van der Waals surface area contributed by atoms with Gasteiger partial charge in [0, 0.05) is 25.9 Å². The van der Waals surface area contributed by atoms with Crippen LogP contribution in [-0.4, -0.2) is 49.5 Å². The van der Waals surface area contributed by atoms with Crippen molar-refractivity contribution in [3.8, 4) is 23.3 Å². The van der Waals surface area contributed by atoms with Crippen LogP contribution < -0.4 is 14.2 Å². The van der Waals surface area contributed by atoms with Gasteiger partial charge in [-0.15, -0.1) is 0 Å². The first kappa shape index (κ1) is 17.1. The SMILES string of the molecule is COc1ccc2c(c1OC)OC1(CCN(C(=O)CC#N)CC1)CC2=O. The Balaban J connectivity index is 1.85. The molecule has 0 aliphatic carbocycles. The van der Waals surface area contributed by atoms with Gasteiger partial charge in [-0.1, -0.05) is 0 Å². The average molecular weight is 344 g/mol. The molecule has 2 aliphatic heterocycles. The summed E-state index contributed by atoms with van der Waals surface area (Å²) in [7, 11) is 3.04. The highest BCUT2D eigenvalue weighted by atomic mass is 16.5. The van der Waals surface area contributed by atoms with Crippen LogP contribution in [-0.2, 0) is 4.79 Å². The molecule has 0 saturated carbocycles. The van der Waals surface area contributed by atoms with Crippen LogP contribution in [0.5, 0.6) is 17.2 Å². The highest BCUT2D eigenvalue weighted by molar-refractivity contribution is 6.01. The predicted octanol–water partition coefficient (Wildman–Crippen LogP) is 1.94. The number of Topliss-reactive ketones (excluding diaryl/α,β-unsaturated/α-hetero) is 1. The maximum Gasteiger partial charge on any atom is 0.236 e. The van der Waals surface area contributed by atoms with Gasteiger partial charge in [-0.25, -0.2) is 0 Å². The zero-order valence-electron chi connectivity index (χ0n) is 14.3. The van der Waals surface area contributed by atoms with Gasteiger partial charge in [0.05, 0.1) is 32.3 Å². The summed E-state index contributed by atoms with van der Waals surface area (Å²) < 4.78 is 16.9. The molecule has 1 spiro atoms. The summed E-state index contributed by atoms with van der Waals surface area (Å²) >= 11 is 0. The second-order valence-electron chi connectivity index (χ2n) is 6.28. The van der Waals surface area contributed by atoms with Crippen molar-refractivity contribution in [2.24, 2.45) is 0 Å². The number of methoxy groups -OCH3 is 2. The van der Waals surface area contributed by atoms with Gasteiger partial charge >= 0.3 is 0 Å². The lowest BCUT2D eigenvalue weighted by atomic mass is 9.82. The number of likely N-dealkylation sites (tertiary alicyclic amines) is 1. The van der Waals surface area contributed by atoms with Gasteiger partial charge in [0.1, 0.15) is 12.0 Å². The van der Waals surface area contributed by atoms with Gasteiger partial charge in [0.2, 0.25) is 11.7 Å². The lowest BCUT2D eigenvalue weighted by Crippen LogP contribution is -2.52. The number of rotatable bonds is 3. The highest BCUT2D eigenvalue weighted by Gasteiger charge is 2.45. The van der Waals surface area contributed by atoms with Crippen LogP contribution in [0.15, 0.2) is 12.1 Å². The molecule has 0 atom stereocenters. The summed E-state index contributed by atoms with van der Waals surface area (Å²) in [5, 5.41) is 8.67. The van der Waals surface area contributed by atoms with E-state index in [0.29, 0.717) is 48.7 Å². The van der Waals surface area contributed by atoms with E-state index < -0.39 is 5.60 Å². The number of ketones is 1. The molecular formula is C18H20N2O5. The Labute approximate surface area is 146 Å². The summed E-state index contributed by atoms with van der Waals surface area (Å²) in [6.45, 7) is 0.935. The fourth-order valence-corrected chi connectivity index (χ4v) is 3.48. The lowest BCUT2D eigenvalue weighted by Gasteiger charge is -2.44. The van der Waals surface area contributed by atoms with Gasteiger partial charge in [-0.3, -0.25) is 9.59 Å². The van der Waals surface area contributed by atoms with Crippen LogP contribution in [0.4, 0.5) is 0 Å². The molecule has 1 saturated heterocycles. The lowest BCUT2D eigenvalue weighted by molar-refractivity contribution is -0.133. The normalized spacial score (nSPS) is 18.1. The number of benzene rings is 1. The van der Waals surface area contributed by atoms with Crippen molar-refractivity contribution >= 4 is 11.7 Å². The highest BCUT2D eigenvalue weighted by Crippen LogP contribution is 2.47. The fraction of sp³-hybridized carbons (Fsp3) is 0.500. The first-order valence-electron chi connectivity index (χ1n) is 8.15. The standard InChI is InChI=1S/C18H20N2O5/c1-23-14-4-3-12-13(21)11-18(25-16(12)17(14)24-2)6-9-20(10-7-18)15(22)5-8-19/h3-4H,5-7,9-11H2,1-2H3. The molecule has 1 aromatic carbocycles. The first-order chi connectivity index (χ1) is 12.0. The minimum Gasteiger partial charge on any atom is -0.493 e. The second-order valence-corrected chi connectivity index (χ2v) is 6.28. The van der Waals surface area contributed by atoms with E-state index in [9.17, 15) is 9.59 Å². The second kappa shape index (κ2) is 6.63. The molecule has 0 N–H and O–H groups in total. The van der Waals surface area contributed by atoms with E-state index >= 15 is 0 Å². The third-order valence-corrected chi connectivity index (χ3v) is 4.86. The van der Waals surface area contributed by atoms with E-state index in [1.54, 1.807) is 17.0 Å². The molecule has 0 bridgehead atoms. The van der Waals surface area contributed by atoms with Crippen LogP contribution in [0.25, 0.3) is 0 Å². The molecule has 25 heavy (non-hydrogen) atoms. The van der Waals surface area contributed by atoms with Crippen molar-refractivity contribution in [1.82, 2.24) is 4.90 Å². The van der Waals surface area contributed by atoms with E-state index in [4.69, 9.17) is 19.5 Å². The van der Waals surface area contributed by atoms with Gasteiger partial charge < -0.3 is 19.1 Å². The van der Waals surface area contributed by atoms with E-state index in [-0.39, 0.29) is 24.5 Å². The topological polar surface area (TPSA) is 88.9 Å². The van der Waals surface area contributed by atoms with Gasteiger partial charge in [-0.2, -0.15) is 5.26 Å². The summed E-state index contributed by atoms with van der Waals surface area (Å²) in [4.78, 5) is 26.2. The van der Waals surface area contributed by atoms with E-state index in [1.807, 2.05) is 6.07 Å². The Bertz CT molecular complexity index is 745. The zero-order valence-corrected chi connectivity index (χ0v) is 14.3. The van der Waals surface area contributed by atoms with Crippen LogP contribution in [0.1, 0.15) is 36.0 Å². The molecule has 1 amide bonds. The Kier molecular flexibility index (Phi) is 4.53. The van der Waals surface area contributed by atoms with Gasteiger partial charge in [0.15, 0.2) is 17.3 Å². The monoisotopic (exact) mass is 344 g/mol. The average Bonchev–Trinajstić information content (AvgIpc) is 2.61. The first-order valence-corrected chi connectivity index (χ1v) is 8.15. The van der Waals surface area contributed by atoms with Crippen molar-refractivity contribution in [3.63, 3.8) is 0 Å². The van der Waals surface area contributed by atoms with Crippen LogP contribution in [0, 0.1) is 11.3 Å². The van der Waals surface area contributed by atoms with Crippen molar-refractivity contribution in [2.75, 3.05) is 27.3 Å². The molecule has 1 fully saturated rings. The number of hydrogen-bond donors (Lipinski definition) is 0. The van der Waals surface area contributed by atoms with Crippen molar-refractivity contribution < 1.29 is 23.8 Å². The number of fused-ring (bicyclic) bond motifs is 1. The van der Waals surface area contributed by atoms with Gasteiger partial charge in [-0.05, 0) is 12.1 Å². The Hall–Kier alpha value is -2.75. The number of ether oxygens (including phenoxy) is 3. The summed E-state index contributed by atoms with van der Waals surface area (Å²) in [5.41, 5.74) is -0.154. The molecule has 7 nitrogen and oxygen atoms in total. The number of nitriles is 1. The maximum atomic E-state index is 12.6. The third kappa shape index (κ3) is 3.00. The van der Waals surface area contributed by atoms with Gasteiger partial charge in [0.25, 0.3) is 0 Å². The Morgan fingerprint density at radius 1 is 1.32 bits per heavy atom. The van der Waals surface area contributed by atoms with Crippen molar-refractivity contribution in [3.05, 3.63) is 17.7 Å². The van der Waals surface area contributed by atoms with Crippen molar-refractivity contribution in [2.45, 2.75) is 31.3 Å². The summed E-state index contributed by atoms with van der Waals surface area (Å²) in [6, 6.07) is 5.26. The maximum absolute atomic E-state index is 12.6. The molecule has 7 heteroatoms. The minimum absolute atomic E-state index is 0.000922. The number of amides is 1. The molecule has 132 valence electrons. The molecule has 0 unspecified atom stereocenters. The molecule has 0 radical (unpaired) electrons. The summed E-state index contributed by atoms with van der Waals surface area (Å²) in [6.07, 6.45) is 1.22. The Morgan fingerprint density at radius 3 is 2.64 bits per heavy atom. The van der Waals surface area contributed by atoms with Crippen LogP contribution in [0.3, 0.4) is 0 Å². The van der Waals surface area contributed by atoms with Crippen LogP contribution >= 0.6 is 0 Å². The number of nitrogens with zero attached hydrogens (tertiary/aromatic N) is 2. The number of piperidine rings is 1. The quantitative estimate of drug-likeness (QED) is 0.832.